The molecule has 2 nitrogen and oxygen atoms in total. The molecule has 0 saturated heterocycles. The highest BCUT2D eigenvalue weighted by atomic mass is 127. The van der Waals surface area contributed by atoms with E-state index in [0.29, 0.717) is 16.8 Å². The smallest absolute Gasteiger partial charge is 0.195 e. The van der Waals surface area contributed by atoms with E-state index >= 15 is 0 Å². The van der Waals surface area contributed by atoms with E-state index in [4.69, 9.17) is 0 Å². The van der Waals surface area contributed by atoms with E-state index in [1.807, 2.05) is 29.5 Å². The van der Waals surface area contributed by atoms with Gasteiger partial charge in [0, 0.05) is 15.9 Å². The monoisotopic (exact) mass is 350 g/mol. The Balaban J connectivity index is 3.16. The van der Waals surface area contributed by atoms with Crippen molar-refractivity contribution in [3.8, 4) is 0 Å². The Labute approximate surface area is 90.6 Å². The molecule has 0 saturated carbocycles. The topological polar surface area (TPSA) is 17.8 Å². The van der Waals surface area contributed by atoms with Crippen LogP contribution in [-0.2, 0) is 11.4 Å². The van der Waals surface area contributed by atoms with E-state index in [9.17, 15) is 8.78 Å². The average molecular weight is 351 g/mol. The van der Waals surface area contributed by atoms with Gasteiger partial charge in [-0.1, -0.05) is 6.92 Å². The summed E-state index contributed by atoms with van der Waals surface area (Å²) in [5.41, 5.74) is 0.539. The van der Waals surface area contributed by atoms with Crippen molar-refractivity contribution in [2.24, 2.45) is 0 Å². The van der Waals surface area contributed by atoms with Gasteiger partial charge >= 0.3 is 4.96 Å². The summed E-state index contributed by atoms with van der Waals surface area (Å²) in [7, 11) is 0. The largest absolute Gasteiger partial charge is 0.401 e. The predicted molar refractivity (Wildman–Crippen MR) is 53.4 cm³/mol. The molecule has 0 N–H and O–H groups in total. The van der Waals surface area contributed by atoms with Crippen LogP contribution in [0.3, 0.4) is 0 Å². The number of alkyl halides is 3. The van der Waals surface area contributed by atoms with Crippen molar-refractivity contribution in [3.05, 3.63) is 15.5 Å². The molecule has 68 valence electrons. The van der Waals surface area contributed by atoms with Gasteiger partial charge in [0.2, 0.25) is 0 Å². The van der Waals surface area contributed by atoms with Crippen LogP contribution in [0.2, 0.25) is 0 Å². The molecule has 0 aromatic carbocycles. The van der Waals surface area contributed by atoms with Crippen molar-refractivity contribution in [3.63, 3.8) is 0 Å². The van der Waals surface area contributed by atoms with E-state index in [1.54, 1.807) is 0 Å². The summed E-state index contributed by atoms with van der Waals surface area (Å²) in [6.07, 6.45) is 1.97. The Morgan fingerprint density at radius 3 is 2.67 bits per heavy atom. The van der Waals surface area contributed by atoms with Crippen LogP contribution in [0.4, 0.5) is 8.78 Å². The van der Waals surface area contributed by atoms with Crippen molar-refractivity contribution in [2.45, 2.75) is 18.3 Å². The SMILES string of the molecule is CCc1c(I)cnn1C(F)(F)Br. The fraction of sp³-hybridized carbons (Fsp3) is 0.500. The third kappa shape index (κ3) is 1.95. The summed E-state index contributed by atoms with van der Waals surface area (Å²) in [5, 5.41) is 3.57. The normalized spacial score (nSPS) is 12.1. The standard InChI is InChI=1S/C6H6BrF2IN2/c1-2-5-4(10)3-11-12(5)6(7,8)9/h3H,2H2,1H3. The van der Waals surface area contributed by atoms with Crippen LogP contribution in [0.15, 0.2) is 6.20 Å². The van der Waals surface area contributed by atoms with Crippen molar-refractivity contribution >= 4 is 38.5 Å². The van der Waals surface area contributed by atoms with Crippen molar-refractivity contribution in [2.75, 3.05) is 0 Å². The van der Waals surface area contributed by atoms with Gasteiger partial charge < -0.3 is 0 Å². The molecule has 1 aromatic heterocycles. The van der Waals surface area contributed by atoms with Gasteiger partial charge in [0.25, 0.3) is 0 Å². The van der Waals surface area contributed by atoms with Gasteiger partial charge in [0.15, 0.2) is 0 Å². The second-order valence-electron chi connectivity index (χ2n) is 2.17. The Kier molecular flexibility index (Phi) is 3.08. The van der Waals surface area contributed by atoms with Crippen molar-refractivity contribution in [1.82, 2.24) is 9.78 Å². The second kappa shape index (κ2) is 3.57. The number of halogens is 4. The second-order valence-corrected chi connectivity index (χ2v) is 4.29. The van der Waals surface area contributed by atoms with Crippen LogP contribution >= 0.6 is 38.5 Å². The molecule has 0 aliphatic carbocycles. The van der Waals surface area contributed by atoms with Crippen molar-refractivity contribution < 1.29 is 8.78 Å². The molecular formula is C6H6BrF2IN2. The highest BCUT2D eigenvalue weighted by Crippen LogP contribution is 2.30. The average Bonchev–Trinajstić information content (AvgIpc) is 2.29. The van der Waals surface area contributed by atoms with Gasteiger partial charge in [-0.3, -0.25) is 0 Å². The quantitative estimate of drug-likeness (QED) is 0.592. The molecule has 0 fully saturated rings. The molecule has 1 heterocycles. The molecule has 0 aliphatic heterocycles. The molecule has 0 spiro atoms. The zero-order valence-electron chi connectivity index (χ0n) is 6.19. The lowest BCUT2D eigenvalue weighted by atomic mass is 10.3. The third-order valence-electron chi connectivity index (χ3n) is 1.39. The highest BCUT2D eigenvalue weighted by molar-refractivity contribution is 14.1. The molecular weight excluding hydrogens is 345 g/mol. The Morgan fingerprint density at radius 1 is 1.75 bits per heavy atom. The number of hydrogen-bond acceptors (Lipinski definition) is 1. The molecule has 0 bridgehead atoms. The molecule has 1 aromatic rings. The maximum atomic E-state index is 12.7. The van der Waals surface area contributed by atoms with Gasteiger partial charge in [-0.25, -0.2) is 0 Å². The molecule has 0 unspecified atom stereocenters. The number of aromatic nitrogens is 2. The van der Waals surface area contributed by atoms with Gasteiger partial charge in [-0.05, 0) is 29.0 Å². The maximum Gasteiger partial charge on any atom is 0.401 e. The third-order valence-corrected chi connectivity index (χ3v) is 2.63. The van der Waals surface area contributed by atoms with Gasteiger partial charge in [0.1, 0.15) is 0 Å². The van der Waals surface area contributed by atoms with Crippen LogP contribution in [0, 0.1) is 3.57 Å². The van der Waals surface area contributed by atoms with Crippen LogP contribution in [0.25, 0.3) is 0 Å². The van der Waals surface area contributed by atoms with E-state index < -0.39 is 4.96 Å². The lowest BCUT2D eigenvalue weighted by Gasteiger charge is -2.11. The molecule has 12 heavy (non-hydrogen) atoms. The first-order chi connectivity index (χ1) is 5.46. The summed E-state index contributed by atoms with van der Waals surface area (Å²) in [6.45, 7) is 1.81. The number of hydrogen-bond donors (Lipinski definition) is 0. The lowest BCUT2D eigenvalue weighted by Crippen LogP contribution is -2.19. The minimum atomic E-state index is -3.08. The Bertz CT molecular complexity index is 282. The summed E-state index contributed by atoms with van der Waals surface area (Å²) in [5.74, 6) is 0. The molecule has 0 atom stereocenters. The van der Waals surface area contributed by atoms with Gasteiger partial charge in [-0.2, -0.15) is 18.6 Å². The fourth-order valence-electron chi connectivity index (χ4n) is 0.891. The predicted octanol–water partition coefficient (Wildman–Crippen LogP) is 2.95. The van der Waals surface area contributed by atoms with Crippen LogP contribution in [-0.4, -0.2) is 9.78 Å². The maximum absolute atomic E-state index is 12.7. The Hall–Kier alpha value is 0.280. The van der Waals surface area contributed by atoms with Gasteiger partial charge in [0.05, 0.1) is 15.5 Å². The van der Waals surface area contributed by atoms with Gasteiger partial charge in [-0.15, -0.1) is 0 Å². The van der Waals surface area contributed by atoms with E-state index in [2.05, 4.69) is 21.0 Å². The minimum absolute atomic E-state index is 0.539. The van der Waals surface area contributed by atoms with E-state index in [1.165, 1.54) is 6.20 Å². The van der Waals surface area contributed by atoms with Crippen LogP contribution in [0.1, 0.15) is 12.6 Å². The fourth-order valence-corrected chi connectivity index (χ4v) is 1.93. The molecule has 0 radical (unpaired) electrons. The molecule has 0 aliphatic rings. The number of nitrogens with zero attached hydrogens (tertiary/aromatic N) is 2. The summed E-state index contributed by atoms with van der Waals surface area (Å²) >= 11 is 4.24. The van der Waals surface area contributed by atoms with E-state index in [-0.39, 0.29) is 0 Å². The van der Waals surface area contributed by atoms with E-state index in [0.717, 1.165) is 3.57 Å². The summed E-state index contributed by atoms with van der Waals surface area (Å²) in [4.78, 5) is -3.08. The van der Waals surface area contributed by atoms with Crippen LogP contribution in [0.5, 0.6) is 0 Å². The zero-order chi connectivity index (χ0) is 9.35. The first-order valence-electron chi connectivity index (χ1n) is 3.26. The Morgan fingerprint density at radius 2 is 2.33 bits per heavy atom. The summed E-state index contributed by atoms with van der Waals surface area (Å²) in [6, 6.07) is 0. The first-order valence-corrected chi connectivity index (χ1v) is 5.13. The summed E-state index contributed by atoms with van der Waals surface area (Å²) < 4.78 is 26.9. The zero-order valence-corrected chi connectivity index (χ0v) is 9.93. The first kappa shape index (κ1) is 10.4. The van der Waals surface area contributed by atoms with Crippen molar-refractivity contribution in [1.29, 1.82) is 0 Å². The van der Waals surface area contributed by atoms with Crippen LogP contribution < -0.4 is 0 Å². The molecule has 0 amide bonds. The minimum Gasteiger partial charge on any atom is -0.195 e. The lowest BCUT2D eigenvalue weighted by molar-refractivity contribution is 0.0171. The number of rotatable bonds is 2. The highest BCUT2D eigenvalue weighted by Gasteiger charge is 2.30. The molecule has 1 rings (SSSR count). The molecule has 6 heteroatoms.